The van der Waals surface area contributed by atoms with Crippen LogP contribution in [0.4, 0.5) is 0 Å². The van der Waals surface area contributed by atoms with Crippen molar-refractivity contribution in [2.24, 2.45) is 0 Å². The van der Waals surface area contributed by atoms with Gasteiger partial charge in [0.15, 0.2) is 0 Å². The second-order valence-electron chi connectivity index (χ2n) is 4.55. The fourth-order valence-corrected chi connectivity index (χ4v) is 5.58. The number of rotatable bonds is 6. The van der Waals surface area contributed by atoms with E-state index in [9.17, 15) is 0 Å². The standard InChI is InChI=1S/C15H16Br3NOS/c1-3-6-19-14(11-8-13(17)21-15(11)18)10-5-4-9(20-2)7-12(10)16/h4-5,7-8,14,19H,3,6H2,1-2H3. The van der Waals surface area contributed by atoms with Crippen LogP contribution in [0.1, 0.15) is 30.5 Å². The number of halogens is 3. The van der Waals surface area contributed by atoms with Gasteiger partial charge in [0.05, 0.1) is 20.7 Å². The van der Waals surface area contributed by atoms with E-state index < -0.39 is 0 Å². The highest BCUT2D eigenvalue weighted by atomic mass is 79.9. The summed E-state index contributed by atoms with van der Waals surface area (Å²) in [4.78, 5) is 0. The molecule has 1 aromatic carbocycles. The maximum atomic E-state index is 5.28. The van der Waals surface area contributed by atoms with E-state index in [1.807, 2.05) is 12.1 Å². The Labute approximate surface area is 154 Å². The van der Waals surface area contributed by atoms with Gasteiger partial charge in [0, 0.05) is 4.47 Å². The number of nitrogens with one attached hydrogen (secondary N) is 1. The molecule has 6 heteroatoms. The van der Waals surface area contributed by atoms with Gasteiger partial charge in [-0.1, -0.05) is 28.9 Å². The summed E-state index contributed by atoms with van der Waals surface area (Å²) in [5, 5.41) is 3.62. The smallest absolute Gasteiger partial charge is 0.120 e. The van der Waals surface area contributed by atoms with Crippen LogP contribution in [0.2, 0.25) is 0 Å². The maximum absolute atomic E-state index is 5.28. The minimum absolute atomic E-state index is 0.141. The number of ether oxygens (including phenoxy) is 1. The number of hydrogen-bond acceptors (Lipinski definition) is 3. The van der Waals surface area contributed by atoms with E-state index in [2.05, 4.69) is 72.2 Å². The van der Waals surface area contributed by atoms with Crippen LogP contribution >= 0.6 is 59.1 Å². The van der Waals surface area contributed by atoms with Gasteiger partial charge >= 0.3 is 0 Å². The molecule has 0 saturated carbocycles. The summed E-state index contributed by atoms with van der Waals surface area (Å²) in [7, 11) is 1.68. The van der Waals surface area contributed by atoms with Crippen molar-refractivity contribution >= 4 is 59.1 Å². The van der Waals surface area contributed by atoms with E-state index in [0.717, 1.165) is 30.8 Å². The Bertz CT molecular complexity index is 615. The van der Waals surface area contributed by atoms with Crippen molar-refractivity contribution in [3.8, 4) is 5.75 Å². The van der Waals surface area contributed by atoms with Crippen molar-refractivity contribution in [2.45, 2.75) is 19.4 Å². The maximum Gasteiger partial charge on any atom is 0.120 e. The average Bonchev–Trinajstić information content (AvgIpc) is 2.79. The van der Waals surface area contributed by atoms with Crippen LogP contribution in [0.5, 0.6) is 5.75 Å². The molecule has 0 saturated heterocycles. The van der Waals surface area contributed by atoms with Crippen LogP contribution in [-0.2, 0) is 0 Å². The predicted molar refractivity (Wildman–Crippen MR) is 101 cm³/mol. The molecular weight excluding hydrogens is 482 g/mol. The van der Waals surface area contributed by atoms with Crippen molar-refractivity contribution in [1.29, 1.82) is 0 Å². The summed E-state index contributed by atoms with van der Waals surface area (Å²) in [6.07, 6.45) is 1.09. The van der Waals surface area contributed by atoms with Gasteiger partial charge in [-0.25, -0.2) is 0 Å². The largest absolute Gasteiger partial charge is 0.497 e. The third-order valence-corrected chi connectivity index (χ3v) is 6.18. The minimum Gasteiger partial charge on any atom is -0.497 e. The fourth-order valence-electron chi connectivity index (χ4n) is 2.09. The van der Waals surface area contributed by atoms with Crippen LogP contribution in [-0.4, -0.2) is 13.7 Å². The molecule has 1 N–H and O–H groups in total. The van der Waals surface area contributed by atoms with Crippen LogP contribution in [0, 0.1) is 0 Å². The van der Waals surface area contributed by atoms with Gasteiger partial charge < -0.3 is 10.1 Å². The quantitative estimate of drug-likeness (QED) is 0.518. The Balaban J connectivity index is 2.42. The van der Waals surface area contributed by atoms with Crippen LogP contribution in [0.3, 0.4) is 0 Å². The molecule has 0 fully saturated rings. The molecule has 0 aliphatic heterocycles. The Hall–Kier alpha value is 0.120. The molecule has 0 radical (unpaired) electrons. The summed E-state index contributed by atoms with van der Waals surface area (Å²) in [6.45, 7) is 3.13. The van der Waals surface area contributed by atoms with Gasteiger partial charge in [-0.15, -0.1) is 11.3 Å². The predicted octanol–water partition coefficient (Wildman–Crippen LogP) is 6.13. The zero-order valence-electron chi connectivity index (χ0n) is 11.8. The molecule has 1 atom stereocenters. The fraction of sp³-hybridized carbons (Fsp3) is 0.333. The van der Waals surface area contributed by atoms with Gasteiger partial charge in [-0.05, 0) is 74.2 Å². The lowest BCUT2D eigenvalue weighted by atomic mass is 10.0. The van der Waals surface area contributed by atoms with Gasteiger partial charge in [0.25, 0.3) is 0 Å². The highest BCUT2D eigenvalue weighted by molar-refractivity contribution is 9.12. The van der Waals surface area contributed by atoms with Gasteiger partial charge in [0.2, 0.25) is 0 Å². The molecular formula is C15H16Br3NOS. The normalized spacial score (nSPS) is 12.4. The molecule has 2 rings (SSSR count). The van der Waals surface area contributed by atoms with Crippen LogP contribution in [0.25, 0.3) is 0 Å². The first-order chi connectivity index (χ1) is 10.1. The Morgan fingerprint density at radius 2 is 1.95 bits per heavy atom. The molecule has 1 aromatic heterocycles. The molecule has 114 valence electrons. The molecule has 0 spiro atoms. The van der Waals surface area contributed by atoms with E-state index in [1.165, 1.54) is 11.1 Å². The zero-order chi connectivity index (χ0) is 15.4. The second kappa shape index (κ2) is 8.11. The van der Waals surface area contributed by atoms with E-state index in [1.54, 1.807) is 18.4 Å². The minimum atomic E-state index is 0.141. The summed E-state index contributed by atoms with van der Waals surface area (Å²) in [6, 6.07) is 8.41. The van der Waals surface area contributed by atoms with Crippen molar-refractivity contribution in [2.75, 3.05) is 13.7 Å². The molecule has 0 aliphatic carbocycles. The van der Waals surface area contributed by atoms with Gasteiger partial charge in [0.1, 0.15) is 5.75 Å². The van der Waals surface area contributed by atoms with E-state index in [-0.39, 0.29) is 6.04 Å². The van der Waals surface area contributed by atoms with E-state index in [4.69, 9.17) is 4.74 Å². The number of methoxy groups -OCH3 is 1. The molecule has 0 aliphatic rings. The van der Waals surface area contributed by atoms with E-state index >= 15 is 0 Å². The summed E-state index contributed by atoms with van der Waals surface area (Å²) >= 11 is 12.6. The number of hydrogen-bond donors (Lipinski definition) is 1. The topological polar surface area (TPSA) is 21.3 Å². The molecule has 2 nitrogen and oxygen atoms in total. The Kier molecular flexibility index (Phi) is 6.75. The lowest BCUT2D eigenvalue weighted by molar-refractivity contribution is 0.414. The van der Waals surface area contributed by atoms with Crippen molar-refractivity contribution in [3.63, 3.8) is 0 Å². The third kappa shape index (κ3) is 4.32. The summed E-state index contributed by atoms with van der Waals surface area (Å²) in [5.41, 5.74) is 2.45. The molecule has 21 heavy (non-hydrogen) atoms. The Morgan fingerprint density at radius 3 is 2.48 bits per heavy atom. The van der Waals surface area contributed by atoms with Gasteiger partial charge in [-0.3, -0.25) is 0 Å². The first-order valence-electron chi connectivity index (χ1n) is 6.58. The summed E-state index contributed by atoms with van der Waals surface area (Å²) < 4.78 is 8.59. The lowest BCUT2D eigenvalue weighted by Crippen LogP contribution is -2.23. The molecule has 0 bridgehead atoms. The lowest BCUT2D eigenvalue weighted by Gasteiger charge is -2.20. The molecule has 1 heterocycles. The average molecular weight is 498 g/mol. The van der Waals surface area contributed by atoms with Crippen LogP contribution < -0.4 is 10.1 Å². The first kappa shape index (κ1) is 17.5. The molecule has 1 unspecified atom stereocenters. The van der Waals surface area contributed by atoms with Crippen molar-refractivity contribution in [3.05, 3.63) is 47.4 Å². The first-order valence-corrected chi connectivity index (χ1v) is 9.78. The summed E-state index contributed by atoms with van der Waals surface area (Å²) in [5.74, 6) is 0.852. The van der Waals surface area contributed by atoms with E-state index in [0.29, 0.717) is 0 Å². The number of thiophene rings is 1. The second-order valence-corrected chi connectivity index (χ2v) is 9.16. The van der Waals surface area contributed by atoms with Crippen molar-refractivity contribution < 1.29 is 4.74 Å². The number of benzene rings is 1. The highest BCUT2D eigenvalue weighted by Gasteiger charge is 2.21. The molecule has 2 aromatic rings. The monoisotopic (exact) mass is 495 g/mol. The van der Waals surface area contributed by atoms with Gasteiger partial charge in [-0.2, -0.15) is 0 Å². The third-order valence-electron chi connectivity index (χ3n) is 3.11. The SMILES string of the molecule is CCCNC(c1ccc(OC)cc1Br)c1cc(Br)sc1Br. The zero-order valence-corrected chi connectivity index (χ0v) is 17.3. The highest BCUT2D eigenvalue weighted by Crippen LogP contribution is 2.40. The van der Waals surface area contributed by atoms with Crippen LogP contribution in [0.15, 0.2) is 36.3 Å². The Morgan fingerprint density at radius 1 is 1.19 bits per heavy atom. The molecule has 0 amide bonds. The van der Waals surface area contributed by atoms with Crippen molar-refractivity contribution in [1.82, 2.24) is 5.32 Å².